The van der Waals surface area contributed by atoms with E-state index in [1.54, 1.807) is 0 Å². The fraction of sp³-hybridized carbons (Fsp3) is 0.261. The van der Waals surface area contributed by atoms with E-state index in [9.17, 15) is 9.90 Å². The van der Waals surface area contributed by atoms with Gasteiger partial charge >= 0.3 is 5.97 Å². The first-order valence-corrected chi connectivity index (χ1v) is 10.1. The van der Waals surface area contributed by atoms with Crippen LogP contribution in [-0.4, -0.2) is 29.1 Å². The number of carboxylic acid groups (broad SMARTS) is 1. The first kappa shape index (κ1) is 18.2. The highest BCUT2D eigenvalue weighted by Gasteiger charge is 2.32. The summed E-state index contributed by atoms with van der Waals surface area (Å²) < 4.78 is 1.04. The van der Waals surface area contributed by atoms with Crippen LogP contribution in [0.5, 0.6) is 0 Å². The molecule has 1 fully saturated rings. The van der Waals surface area contributed by atoms with Crippen LogP contribution in [0, 0.1) is 5.92 Å². The highest BCUT2D eigenvalue weighted by atomic mass is 79.9. The van der Waals surface area contributed by atoms with E-state index in [1.807, 2.05) is 6.07 Å². The van der Waals surface area contributed by atoms with E-state index in [1.165, 1.54) is 21.9 Å². The predicted molar refractivity (Wildman–Crippen MR) is 112 cm³/mol. The number of nitrogens with zero attached hydrogens (tertiary/aromatic N) is 1. The summed E-state index contributed by atoms with van der Waals surface area (Å²) >= 11 is 3.60. The average molecular weight is 424 g/mol. The zero-order chi connectivity index (χ0) is 18.8. The SMILES string of the molecule is O=C(O)C1CCCN(C(c2cccc(Br)c2)c2cccc3ccccc23)C1. The first-order valence-electron chi connectivity index (χ1n) is 9.33. The maximum atomic E-state index is 11.6. The number of rotatable bonds is 4. The van der Waals surface area contributed by atoms with Gasteiger partial charge in [0.2, 0.25) is 0 Å². The van der Waals surface area contributed by atoms with Crippen molar-refractivity contribution in [3.63, 3.8) is 0 Å². The van der Waals surface area contributed by atoms with Crippen molar-refractivity contribution >= 4 is 32.7 Å². The van der Waals surface area contributed by atoms with Crippen molar-refractivity contribution in [2.45, 2.75) is 18.9 Å². The smallest absolute Gasteiger partial charge is 0.307 e. The Labute approximate surface area is 167 Å². The van der Waals surface area contributed by atoms with Crippen LogP contribution in [0.25, 0.3) is 10.8 Å². The minimum absolute atomic E-state index is 0.0377. The van der Waals surface area contributed by atoms with Gasteiger partial charge in [-0.1, -0.05) is 70.5 Å². The van der Waals surface area contributed by atoms with Gasteiger partial charge in [-0.2, -0.15) is 0 Å². The lowest BCUT2D eigenvalue weighted by atomic mass is 9.89. The number of likely N-dealkylation sites (tertiary alicyclic amines) is 1. The molecule has 3 nitrogen and oxygen atoms in total. The molecule has 0 aliphatic carbocycles. The van der Waals surface area contributed by atoms with Gasteiger partial charge in [0.1, 0.15) is 0 Å². The van der Waals surface area contributed by atoms with Crippen LogP contribution in [0.15, 0.2) is 71.2 Å². The van der Waals surface area contributed by atoms with E-state index in [2.05, 4.69) is 81.5 Å². The molecule has 3 aromatic rings. The van der Waals surface area contributed by atoms with Crippen LogP contribution in [0.2, 0.25) is 0 Å². The van der Waals surface area contributed by atoms with E-state index < -0.39 is 5.97 Å². The summed E-state index contributed by atoms with van der Waals surface area (Å²) in [7, 11) is 0. The number of hydrogen-bond donors (Lipinski definition) is 1. The quantitative estimate of drug-likeness (QED) is 0.602. The van der Waals surface area contributed by atoms with Crippen molar-refractivity contribution in [2.75, 3.05) is 13.1 Å². The number of halogens is 1. The third-order valence-electron chi connectivity index (χ3n) is 5.45. The van der Waals surface area contributed by atoms with Crippen LogP contribution in [0.4, 0.5) is 0 Å². The molecule has 138 valence electrons. The van der Waals surface area contributed by atoms with Gasteiger partial charge in [0, 0.05) is 11.0 Å². The second-order valence-corrected chi connectivity index (χ2v) is 8.11. The molecule has 1 aliphatic rings. The van der Waals surface area contributed by atoms with E-state index >= 15 is 0 Å². The fourth-order valence-corrected chi connectivity index (χ4v) is 4.61. The number of carbonyl (C=O) groups is 1. The molecule has 3 aromatic carbocycles. The van der Waals surface area contributed by atoms with E-state index in [-0.39, 0.29) is 12.0 Å². The Kier molecular flexibility index (Phi) is 5.28. The number of hydrogen-bond acceptors (Lipinski definition) is 2. The molecule has 2 unspecified atom stereocenters. The number of fused-ring (bicyclic) bond motifs is 1. The molecule has 1 aliphatic heterocycles. The zero-order valence-corrected chi connectivity index (χ0v) is 16.6. The van der Waals surface area contributed by atoms with Crippen molar-refractivity contribution < 1.29 is 9.90 Å². The monoisotopic (exact) mass is 423 g/mol. The van der Waals surface area contributed by atoms with Crippen molar-refractivity contribution in [1.29, 1.82) is 0 Å². The molecule has 1 heterocycles. The molecule has 1 saturated heterocycles. The summed E-state index contributed by atoms with van der Waals surface area (Å²) in [5.41, 5.74) is 2.42. The maximum Gasteiger partial charge on any atom is 0.307 e. The van der Waals surface area contributed by atoms with E-state index in [4.69, 9.17) is 0 Å². The molecular formula is C23H22BrNO2. The standard InChI is InChI=1S/C23H22BrNO2/c24-19-10-3-8-17(14-19)22(25-13-5-9-18(15-25)23(26)27)21-12-4-7-16-6-1-2-11-20(16)21/h1-4,6-8,10-12,14,18,22H,5,9,13,15H2,(H,26,27). The lowest BCUT2D eigenvalue weighted by Gasteiger charge is -2.38. The summed E-state index contributed by atoms with van der Waals surface area (Å²) in [6.45, 7) is 1.49. The maximum absolute atomic E-state index is 11.6. The van der Waals surface area contributed by atoms with Crippen LogP contribution < -0.4 is 0 Å². The lowest BCUT2D eigenvalue weighted by Crippen LogP contribution is -2.41. The topological polar surface area (TPSA) is 40.5 Å². The van der Waals surface area contributed by atoms with Gasteiger partial charge in [-0.05, 0) is 53.4 Å². The number of aliphatic carboxylic acids is 1. The Morgan fingerprint density at radius 3 is 2.67 bits per heavy atom. The first-order chi connectivity index (χ1) is 13.1. The van der Waals surface area contributed by atoms with Crippen LogP contribution in [0.1, 0.15) is 30.0 Å². The molecule has 1 N–H and O–H groups in total. The van der Waals surface area contributed by atoms with Gasteiger partial charge < -0.3 is 5.11 Å². The average Bonchev–Trinajstić information content (AvgIpc) is 2.69. The van der Waals surface area contributed by atoms with Crippen molar-refractivity contribution in [3.8, 4) is 0 Å². The molecule has 4 heteroatoms. The summed E-state index contributed by atoms with van der Waals surface area (Å²) in [5.74, 6) is -0.992. The molecule has 4 rings (SSSR count). The minimum atomic E-state index is -0.689. The molecule has 0 spiro atoms. The van der Waals surface area contributed by atoms with E-state index in [0.717, 1.165) is 23.9 Å². The third kappa shape index (κ3) is 3.78. The van der Waals surface area contributed by atoms with Gasteiger partial charge in [-0.15, -0.1) is 0 Å². The van der Waals surface area contributed by atoms with Crippen LogP contribution >= 0.6 is 15.9 Å². The minimum Gasteiger partial charge on any atom is -0.481 e. The predicted octanol–water partition coefficient (Wildman–Crippen LogP) is 5.49. The zero-order valence-electron chi connectivity index (χ0n) is 15.0. The summed E-state index contributed by atoms with van der Waals surface area (Å²) in [5, 5.41) is 12.0. The molecule has 0 amide bonds. The van der Waals surface area contributed by atoms with Gasteiger partial charge in [-0.3, -0.25) is 9.69 Å². The molecule has 0 saturated carbocycles. The Bertz CT molecular complexity index is 966. The third-order valence-corrected chi connectivity index (χ3v) is 5.94. The molecular weight excluding hydrogens is 402 g/mol. The normalized spacial score (nSPS) is 19.1. The van der Waals surface area contributed by atoms with Crippen molar-refractivity contribution in [3.05, 3.63) is 82.3 Å². The summed E-state index contributed by atoms with van der Waals surface area (Å²) in [4.78, 5) is 14.0. The molecule has 2 atom stereocenters. The van der Waals surface area contributed by atoms with Crippen molar-refractivity contribution in [2.24, 2.45) is 5.92 Å². The second kappa shape index (κ2) is 7.83. The number of benzene rings is 3. The summed E-state index contributed by atoms with van der Waals surface area (Å²) in [6, 6.07) is 23.2. The molecule has 0 aromatic heterocycles. The largest absolute Gasteiger partial charge is 0.481 e. The Hall–Kier alpha value is -2.17. The second-order valence-electron chi connectivity index (χ2n) is 7.20. The Morgan fingerprint density at radius 1 is 1.07 bits per heavy atom. The fourth-order valence-electron chi connectivity index (χ4n) is 4.20. The summed E-state index contributed by atoms with van der Waals surface area (Å²) in [6.07, 6.45) is 1.67. The van der Waals surface area contributed by atoms with Gasteiger partial charge in [-0.25, -0.2) is 0 Å². The number of piperidine rings is 1. The van der Waals surface area contributed by atoms with Gasteiger partial charge in [0.05, 0.1) is 12.0 Å². The number of carboxylic acids is 1. The lowest BCUT2D eigenvalue weighted by molar-refractivity contribution is -0.143. The Morgan fingerprint density at radius 2 is 1.85 bits per heavy atom. The molecule has 27 heavy (non-hydrogen) atoms. The highest BCUT2D eigenvalue weighted by Crippen LogP contribution is 2.37. The van der Waals surface area contributed by atoms with Gasteiger partial charge in [0.25, 0.3) is 0 Å². The van der Waals surface area contributed by atoms with Gasteiger partial charge in [0.15, 0.2) is 0 Å². The van der Waals surface area contributed by atoms with Crippen LogP contribution in [-0.2, 0) is 4.79 Å². The van der Waals surface area contributed by atoms with Crippen LogP contribution in [0.3, 0.4) is 0 Å². The molecule has 0 radical (unpaired) electrons. The van der Waals surface area contributed by atoms with Crippen molar-refractivity contribution in [1.82, 2.24) is 4.90 Å². The molecule has 0 bridgehead atoms. The van der Waals surface area contributed by atoms with E-state index in [0.29, 0.717) is 6.54 Å². The Balaban J connectivity index is 1.84. The highest BCUT2D eigenvalue weighted by molar-refractivity contribution is 9.10.